The van der Waals surface area contributed by atoms with Crippen LogP contribution in [0.2, 0.25) is 0 Å². The molecule has 2 aromatic heterocycles. The standard InChI is InChI=1S/C14H16N4O3/c1-17-6-2-4-11(17)9-8-10(16-15-9)13(19)18-7-3-5-12(18)14(20)21/h2,4,6,8,12H,3,5,7H2,1H3,(H,15,16)(H,20,21). The summed E-state index contributed by atoms with van der Waals surface area (Å²) in [5, 5.41) is 16.0. The molecule has 110 valence electrons. The molecule has 0 bridgehead atoms. The van der Waals surface area contributed by atoms with E-state index in [-0.39, 0.29) is 5.91 Å². The van der Waals surface area contributed by atoms with Crippen molar-refractivity contribution in [1.29, 1.82) is 0 Å². The fourth-order valence-corrected chi connectivity index (χ4v) is 2.71. The third kappa shape index (κ3) is 2.31. The molecule has 1 aliphatic heterocycles. The summed E-state index contributed by atoms with van der Waals surface area (Å²) in [5.74, 6) is -1.27. The number of carboxylic acid groups (broad SMARTS) is 1. The van der Waals surface area contributed by atoms with Crippen LogP contribution in [0.15, 0.2) is 24.4 Å². The van der Waals surface area contributed by atoms with Crippen molar-refractivity contribution in [3.63, 3.8) is 0 Å². The Bertz CT molecular complexity index is 688. The Kier molecular flexibility index (Phi) is 3.25. The molecule has 0 saturated carbocycles. The van der Waals surface area contributed by atoms with Gasteiger partial charge in [-0.15, -0.1) is 0 Å². The number of aryl methyl sites for hydroxylation is 1. The number of rotatable bonds is 3. The van der Waals surface area contributed by atoms with Gasteiger partial charge in [-0.25, -0.2) is 4.79 Å². The molecule has 2 N–H and O–H groups in total. The molecule has 21 heavy (non-hydrogen) atoms. The molecule has 0 aromatic carbocycles. The van der Waals surface area contributed by atoms with Gasteiger partial charge in [0.1, 0.15) is 17.4 Å². The second-order valence-corrected chi connectivity index (χ2v) is 5.17. The van der Waals surface area contributed by atoms with Gasteiger partial charge >= 0.3 is 5.97 Å². The third-order valence-corrected chi connectivity index (χ3v) is 3.81. The number of aliphatic carboxylic acids is 1. The predicted octanol–water partition coefficient (Wildman–Crippen LogP) is 1.10. The van der Waals surface area contributed by atoms with Crippen LogP contribution in [-0.4, -0.2) is 49.2 Å². The van der Waals surface area contributed by atoms with E-state index >= 15 is 0 Å². The average molecular weight is 288 g/mol. The molecule has 0 aliphatic carbocycles. The number of carbonyl (C=O) groups is 2. The van der Waals surface area contributed by atoms with Gasteiger partial charge in [-0.1, -0.05) is 0 Å². The number of aromatic nitrogens is 3. The third-order valence-electron chi connectivity index (χ3n) is 3.81. The van der Waals surface area contributed by atoms with Crippen LogP contribution in [0.1, 0.15) is 23.3 Å². The Balaban J connectivity index is 1.85. The highest BCUT2D eigenvalue weighted by Gasteiger charge is 2.35. The molecule has 7 nitrogen and oxygen atoms in total. The van der Waals surface area contributed by atoms with E-state index in [1.807, 2.05) is 29.9 Å². The second-order valence-electron chi connectivity index (χ2n) is 5.17. The van der Waals surface area contributed by atoms with Crippen molar-refractivity contribution in [2.24, 2.45) is 7.05 Å². The number of H-pyrrole nitrogens is 1. The molecule has 3 heterocycles. The number of aromatic amines is 1. The van der Waals surface area contributed by atoms with Crippen LogP contribution in [0.25, 0.3) is 11.4 Å². The van der Waals surface area contributed by atoms with Gasteiger partial charge in [0.15, 0.2) is 0 Å². The molecule has 1 unspecified atom stereocenters. The summed E-state index contributed by atoms with van der Waals surface area (Å²) in [5.41, 5.74) is 1.87. The minimum atomic E-state index is -0.956. The molecule has 3 rings (SSSR count). The van der Waals surface area contributed by atoms with Crippen molar-refractivity contribution in [1.82, 2.24) is 19.7 Å². The number of nitrogens with one attached hydrogen (secondary N) is 1. The Hall–Kier alpha value is -2.57. The lowest BCUT2D eigenvalue weighted by Crippen LogP contribution is -2.40. The Labute approximate surface area is 121 Å². The first kappa shape index (κ1) is 13.4. The monoisotopic (exact) mass is 288 g/mol. The van der Waals surface area contributed by atoms with Crippen molar-refractivity contribution >= 4 is 11.9 Å². The molecule has 1 saturated heterocycles. The Morgan fingerprint density at radius 3 is 2.95 bits per heavy atom. The summed E-state index contributed by atoms with van der Waals surface area (Å²) in [6, 6.07) is 4.72. The molecule has 2 aromatic rings. The molecule has 1 aliphatic rings. The van der Waals surface area contributed by atoms with E-state index in [0.717, 1.165) is 5.69 Å². The molecule has 0 radical (unpaired) electrons. The maximum atomic E-state index is 12.4. The van der Waals surface area contributed by atoms with Gasteiger partial charge in [0.25, 0.3) is 5.91 Å². The quantitative estimate of drug-likeness (QED) is 0.885. The predicted molar refractivity (Wildman–Crippen MR) is 74.7 cm³/mol. The number of likely N-dealkylation sites (tertiary alicyclic amines) is 1. The van der Waals surface area contributed by atoms with Gasteiger partial charge in [0.2, 0.25) is 0 Å². The topological polar surface area (TPSA) is 91.2 Å². The molecule has 0 spiro atoms. The van der Waals surface area contributed by atoms with Crippen LogP contribution in [0.3, 0.4) is 0 Å². The highest BCUT2D eigenvalue weighted by molar-refractivity contribution is 5.96. The molecule has 1 fully saturated rings. The van der Waals surface area contributed by atoms with E-state index in [4.69, 9.17) is 5.11 Å². The maximum Gasteiger partial charge on any atom is 0.326 e. The number of carboxylic acids is 1. The van der Waals surface area contributed by atoms with E-state index in [0.29, 0.717) is 30.8 Å². The lowest BCUT2D eigenvalue weighted by atomic mass is 10.2. The number of hydrogen-bond donors (Lipinski definition) is 2. The SMILES string of the molecule is Cn1cccc1-c1cc(C(=O)N2CCCC2C(=O)O)[nH]n1. The minimum Gasteiger partial charge on any atom is -0.480 e. The number of amides is 1. The molecule has 1 amide bonds. The van der Waals surface area contributed by atoms with E-state index in [1.165, 1.54) is 4.90 Å². The molecular formula is C14H16N4O3. The number of carbonyl (C=O) groups excluding carboxylic acids is 1. The summed E-state index contributed by atoms with van der Waals surface area (Å²) < 4.78 is 1.90. The van der Waals surface area contributed by atoms with Crippen molar-refractivity contribution in [2.75, 3.05) is 6.54 Å². The van der Waals surface area contributed by atoms with Crippen molar-refractivity contribution in [2.45, 2.75) is 18.9 Å². The van der Waals surface area contributed by atoms with Crippen LogP contribution < -0.4 is 0 Å². The summed E-state index contributed by atoms with van der Waals surface area (Å²) in [4.78, 5) is 25.0. The Morgan fingerprint density at radius 1 is 1.48 bits per heavy atom. The highest BCUT2D eigenvalue weighted by Crippen LogP contribution is 2.22. The molecule has 1 atom stereocenters. The van der Waals surface area contributed by atoms with Crippen LogP contribution in [0.4, 0.5) is 0 Å². The first-order valence-corrected chi connectivity index (χ1v) is 6.79. The van der Waals surface area contributed by atoms with Gasteiger partial charge in [-0.2, -0.15) is 5.10 Å². The van der Waals surface area contributed by atoms with E-state index in [1.54, 1.807) is 6.07 Å². The summed E-state index contributed by atoms with van der Waals surface area (Å²) in [6.45, 7) is 0.467. The van der Waals surface area contributed by atoms with Gasteiger partial charge in [-0.05, 0) is 31.0 Å². The molecule has 7 heteroatoms. The fourth-order valence-electron chi connectivity index (χ4n) is 2.71. The second kappa shape index (κ2) is 5.08. The smallest absolute Gasteiger partial charge is 0.326 e. The van der Waals surface area contributed by atoms with Crippen molar-refractivity contribution < 1.29 is 14.7 Å². The number of hydrogen-bond acceptors (Lipinski definition) is 3. The van der Waals surface area contributed by atoms with Gasteiger partial charge < -0.3 is 14.6 Å². The van der Waals surface area contributed by atoms with Crippen molar-refractivity contribution in [3.05, 3.63) is 30.1 Å². The average Bonchev–Trinajstić information content (AvgIpc) is 3.17. The molecular weight excluding hydrogens is 272 g/mol. The zero-order valence-electron chi connectivity index (χ0n) is 11.6. The lowest BCUT2D eigenvalue weighted by Gasteiger charge is -2.20. The summed E-state index contributed by atoms with van der Waals surface area (Å²) in [6.07, 6.45) is 3.10. The van der Waals surface area contributed by atoms with Crippen LogP contribution >= 0.6 is 0 Å². The first-order valence-electron chi connectivity index (χ1n) is 6.79. The van der Waals surface area contributed by atoms with E-state index in [2.05, 4.69) is 10.2 Å². The maximum absolute atomic E-state index is 12.4. The van der Waals surface area contributed by atoms with Gasteiger partial charge in [0, 0.05) is 19.8 Å². The normalized spacial score (nSPS) is 18.1. The van der Waals surface area contributed by atoms with Gasteiger partial charge in [0.05, 0.1) is 5.69 Å². The first-order chi connectivity index (χ1) is 10.1. The Morgan fingerprint density at radius 2 is 2.29 bits per heavy atom. The fraction of sp³-hybridized carbons (Fsp3) is 0.357. The number of nitrogens with zero attached hydrogens (tertiary/aromatic N) is 3. The largest absolute Gasteiger partial charge is 0.480 e. The van der Waals surface area contributed by atoms with Crippen LogP contribution in [0, 0.1) is 0 Å². The lowest BCUT2D eigenvalue weighted by molar-refractivity contribution is -0.141. The van der Waals surface area contributed by atoms with Crippen LogP contribution in [-0.2, 0) is 11.8 Å². The zero-order valence-corrected chi connectivity index (χ0v) is 11.6. The highest BCUT2D eigenvalue weighted by atomic mass is 16.4. The van der Waals surface area contributed by atoms with Crippen LogP contribution in [0.5, 0.6) is 0 Å². The summed E-state index contributed by atoms with van der Waals surface area (Å²) in [7, 11) is 1.90. The van der Waals surface area contributed by atoms with Crippen molar-refractivity contribution in [3.8, 4) is 11.4 Å². The van der Waals surface area contributed by atoms with E-state index < -0.39 is 12.0 Å². The zero-order chi connectivity index (χ0) is 15.0. The van der Waals surface area contributed by atoms with E-state index in [9.17, 15) is 9.59 Å². The van der Waals surface area contributed by atoms with Gasteiger partial charge in [-0.3, -0.25) is 9.89 Å². The minimum absolute atomic E-state index is 0.312. The summed E-state index contributed by atoms with van der Waals surface area (Å²) >= 11 is 0.